The summed E-state index contributed by atoms with van der Waals surface area (Å²) in [5.41, 5.74) is 8.47. The van der Waals surface area contributed by atoms with Crippen molar-refractivity contribution < 1.29 is 4.74 Å². The Morgan fingerprint density at radius 3 is 2.47 bits per heavy atom. The van der Waals surface area contributed by atoms with E-state index < -0.39 is 0 Å². The molecule has 0 bridgehead atoms. The van der Waals surface area contributed by atoms with E-state index in [1.54, 1.807) is 7.11 Å². The molecule has 0 fully saturated rings. The van der Waals surface area contributed by atoms with Crippen LogP contribution in [0.4, 0.5) is 0 Å². The van der Waals surface area contributed by atoms with Gasteiger partial charge in [0.05, 0.1) is 5.60 Å². The lowest BCUT2D eigenvalue weighted by Gasteiger charge is -2.27. The van der Waals surface area contributed by atoms with Gasteiger partial charge in [0.2, 0.25) is 0 Å². The Morgan fingerprint density at radius 1 is 1.33 bits per heavy atom. The van der Waals surface area contributed by atoms with Gasteiger partial charge in [-0.15, -0.1) is 0 Å². The highest BCUT2D eigenvalue weighted by atomic mass is 16.5. The zero-order valence-electron chi connectivity index (χ0n) is 10.1. The van der Waals surface area contributed by atoms with Crippen molar-refractivity contribution in [1.82, 2.24) is 0 Å². The minimum atomic E-state index is -0.165. The molecule has 1 aromatic carbocycles. The van der Waals surface area contributed by atoms with Gasteiger partial charge in [0.15, 0.2) is 0 Å². The molecule has 2 N–H and O–H groups in total. The maximum atomic E-state index is 6.18. The van der Waals surface area contributed by atoms with E-state index in [0.717, 1.165) is 6.42 Å². The Balaban J connectivity index is 2.78. The molecule has 0 saturated heterocycles. The maximum Gasteiger partial charge on any atom is 0.0640 e. The molecule has 0 heterocycles. The molecule has 2 heteroatoms. The maximum absolute atomic E-state index is 6.18. The van der Waals surface area contributed by atoms with E-state index in [1.807, 2.05) is 12.1 Å². The first kappa shape index (κ1) is 12.2. The molecule has 1 rings (SSSR count). The number of ether oxygens (including phenoxy) is 1. The highest BCUT2D eigenvalue weighted by Crippen LogP contribution is 2.25. The number of rotatable bonds is 4. The summed E-state index contributed by atoms with van der Waals surface area (Å²) in [6, 6.07) is 8.29. The quantitative estimate of drug-likeness (QED) is 0.824. The SMILES string of the molecule is COC(C)(C)CC(N)c1ccccc1C. The van der Waals surface area contributed by atoms with E-state index in [0.29, 0.717) is 0 Å². The first-order chi connectivity index (χ1) is 6.96. The van der Waals surface area contributed by atoms with Crippen LogP contribution in [-0.2, 0) is 4.74 Å². The average molecular weight is 207 g/mol. The van der Waals surface area contributed by atoms with Crippen molar-refractivity contribution in [3.8, 4) is 0 Å². The number of nitrogens with two attached hydrogens (primary N) is 1. The highest BCUT2D eigenvalue weighted by molar-refractivity contribution is 5.28. The van der Waals surface area contributed by atoms with Gasteiger partial charge in [-0.05, 0) is 38.3 Å². The van der Waals surface area contributed by atoms with Crippen molar-refractivity contribution >= 4 is 0 Å². The third-order valence-electron chi connectivity index (χ3n) is 2.85. The topological polar surface area (TPSA) is 35.2 Å². The molecule has 0 saturated carbocycles. The molecule has 0 aliphatic heterocycles. The van der Waals surface area contributed by atoms with Crippen molar-refractivity contribution in [1.29, 1.82) is 0 Å². The predicted molar refractivity (Wildman–Crippen MR) is 63.8 cm³/mol. The fraction of sp³-hybridized carbons (Fsp3) is 0.538. The van der Waals surface area contributed by atoms with Gasteiger partial charge in [0.1, 0.15) is 0 Å². The number of hydrogen-bond donors (Lipinski definition) is 1. The molecule has 0 radical (unpaired) electrons. The van der Waals surface area contributed by atoms with Crippen LogP contribution in [0.25, 0.3) is 0 Å². The molecule has 15 heavy (non-hydrogen) atoms. The zero-order chi connectivity index (χ0) is 11.5. The largest absolute Gasteiger partial charge is 0.379 e. The number of benzene rings is 1. The van der Waals surface area contributed by atoms with Crippen LogP contribution in [0.1, 0.15) is 37.4 Å². The van der Waals surface area contributed by atoms with E-state index in [2.05, 4.69) is 32.9 Å². The molecule has 0 aromatic heterocycles. The van der Waals surface area contributed by atoms with E-state index in [1.165, 1.54) is 11.1 Å². The molecular formula is C13H21NO. The summed E-state index contributed by atoms with van der Waals surface area (Å²) >= 11 is 0. The molecule has 84 valence electrons. The smallest absolute Gasteiger partial charge is 0.0640 e. The second-order valence-corrected chi connectivity index (χ2v) is 4.63. The second-order valence-electron chi connectivity index (χ2n) is 4.63. The van der Waals surface area contributed by atoms with Gasteiger partial charge in [0, 0.05) is 13.2 Å². The van der Waals surface area contributed by atoms with Crippen LogP contribution in [0.15, 0.2) is 24.3 Å². The van der Waals surface area contributed by atoms with Crippen molar-refractivity contribution in [3.63, 3.8) is 0 Å². The lowest BCUT2D eigenvalue weighted by Crippen LogP contribution is -2.29. The molecule has 1 unspecified atom stereocenters. The number of aryl methyl sites for hydroxylation is 1. The lowest BCUT2D eigenvalue weighted by atomic mass is 9.92. The number of hydrogen-bond acceptors (Lipinski definition) is 2. The summed E-state index contributed by atoms with van der Waals surface area (Å²) in [5.74, 6) is 0. The monoisotopic (exact) mass is 207 g/mol. The molecular weight excluding hydrogens is 186 g/mol. The Kier molecular flexibility index (Phi) is 3.89. The first-order valence-corrected chi connectivity index (χ1v) is 5.32. The third-order valence-corrected chi connectivity index (χ3v) is 2.85. The third kappa shape index (κ3) is 3.33. The van der Waals surface area contributed by atoms with Gasteiger partial charge in [0.25, 0.3) is 0 Å². The molecule has 1 atom stereocenters. The van der Waals surface area contributed by atoms with Crippen molar-refractivity contribution in [2.45, 2.75) is 38.8 Å². The minimum absolute atomic E-state index is 0.0427. The molecule has 0 amide bonds. The minimum Gasteiger partial charge on any atom is -0.379 e. The summed E-state index contributed by atoms with van der Waals surface area (Å²) in [7, 11) is 1.73. The average Bonchev–Trinajstić information content (AvgIpc) is 2.17. The summed E-state index contributed by atoms with van der Waals surface area (Å²) in [6.45, 7) is 6.21. The van der Waals surface area contributed by atoms with Crippen LogP contribution < -0.4 is 5.73 Å². The molecule has 2 nitrogen and oxygen atoms in total. The van der Waals surface area contributed by atoms with Gasteiger partial charge in [-0.1, -0.05) is 24.3 Å². The zero-order valence-corrected chi connectivity index (χ0v) is 10.1. The van der Waals surface area contributed by atoms with Crippen LogP contribution in [0, 0.1) is 6.92 Å². The number of methoxy groups -OCH3 is 1. The fourth-order valence-corrected chi connectivity index (χ4v) is 1.73. The van der Waals surface area contributed by atoms with Gasteiger partial charge in [-0.3, -0.25) is 0 Å². The standard InChI is InChI=1S/C13H21NO/c1-10-7-5-6-8-11(10)12(14)9-13(2,3)15-4/h5-8,12H,9,14H2,1-4H3. The van der Waals surface area contributed by atoms with Crippen molar-refractivity contribution in [2.24, 2.45) is 5.73 Å². The van der Waals surface area contributed by atoms with Crippen LogP contribution in [0.2, 0.25) is 0 Å². The fourth-order valence-electron chi connectivity index (χ4n) is 1.73. The van der Waals surface area contributed by atoms with Gasteiger partial charge >= 0.3 is 0 Å². The first-order valence-electron chi connectivity index (χ1n) is 5.32. The Labute approximate surface area is 92.4 Å². The van der Waals surface area contributed by atoms with Crippen molar-refractivity contribution in [3.05, 3.63) is 35.4 Å². The van der Waals surface area contributed by atoms with E-state index in [9.17, 15) is 0 Å². The summed E-state index contributed by atoms with van der Waals surface area (Å²) < 4.78 is 5.39. The van der Waals surface area contributed by atoms with E-state index in [4.69, 9.17) is 10.5 Å². The van der Waals surface area contributed by atoms with E-state index >= 15 is 0 Å². The van der Waals surface area contributed by atoms with Gasteiger partial charge in [-0.25, -0.2) is 0 Å². The summed E-state index contributed by atoms with van der Waals surface area (Å²) in [6.07, 6.45) is 0.828. The molecule has 0 aliphatic carbocycles. The Hall–Kier alpha value is -0.860. The van der Waals surface area contributed by atoms with Gasteiger partial charge in [-0.2, -0.15) is 0 Å². The Morgan fingerprint density at radius 2 is 1.93 bits per heavy atom. The van der Waals surface area contributed by atoms with Crippen LogP contribution in [0.5, 0.6) is 0 Å². The second kappa shape index (κ2) is 4.77. The lowest BCUT2D eigenvalue weighted by molar-refractivity contribution is 0.00992. The Bertz CT molecular complexity index is 320. The van der Waals surface area contributed by atoms with Gasteiger partial charge < -0.3 is 10.5 Å². The van der Waals surface area contributed by atoms with Crippen LogP contribution >= 0.6 is 0 Å². The van der Waals surface area contributed by atoms with Crippen LogP contribution in [0.3, 0.4) is 0 Å². The molecule has 0 aliphatic rings. The molecule has 1 aromatic rings. The molecule has 0 spiro atoms. The summed E-state index contributed by atoms with van der Waals surface area (Å²) in [5, 5.41) is 0. The van der Waals surface area contributed by atoms with E-state index in [-0.39, 0.29) is 11.6 Å². The highest BCUT2D eigenvalue weighted by Gasteiger charge is 2.22. The normalized spacial score (nSPS) is 13.9. The van der Waals surface area contributed by atoms with Crippen LogP contribution in [-0.4, -0.2) is 12.7 Å². The summed E-state index contributed by atoms with van der Waals surface area (Å²) in [4.78, 5) is 0. The predicted octanol–water partition coefficient (Wildman–Crippen LogP) is 2.81. The van der Waals surface area contributed by atoms with Crippen molar-refractivity contribution in [2.75, 3.05) is 7.11 Å².